The number of unbranched alkanes of at least 4 members (excludes halogenated alkanes) is 2. The molecule has 0 saturated heterocycles. The standard InChI is InChI=1S/C11H22.C5H12/c1-10(2)6-5-7-11(3,4)9-8-10;1-3-5-4-2/h5-9H2,1-4H3;3-5H2,1-2H3. The molecule has 0 atom stereocenters. The minimum Gasteiger partial charge on any atom is -0.0654 e. The van der Waals surface area contributed by atoms with Crippen LogP contribution in [0.25, 0.3) is 0 Å². The summed E-state index contributed by atoms with van der Waals surface area (Å²) in [5.41, 5.74) is 1.24. The Morgan fingerprint density at radius 1 is 0.688 bits per heavy atom. The number of hydrogen-bond acceptors (Lipinski definition) is 0. The second-order valence-electron chi connectivity index (χ2n) is 7.04. The molecule has 1 saturated carbocycles. The molecule has 1 aliphatic rings. The Morgan fingerprint density at radius 2 is 1.06 bits per heavy atom. The van der Waals surface area contributed by atoms with E-state index < -0.39 is 0 Å². The zero-order valence-corrected chi connectivity index (χ0v) is 12.7. The molecule has 1 aliphatic carbocycles. The van der Waals surface area contributed by atoms with Gasteiger partial charge in [-0.3, -0.25) is 0 Å². The first-order chi connectivity index (χ1) is 7.33. The van der Waals surface area contributed by atoms with Gasteiger partial charge in [0.05, 0.1) is 0 Å². The van der Waals surface area contributed by atoms with Crippen molar-refractivity contribution in [1.82, 2.24) is 0 Å². The highest BCUT2D eigenvalue weighted by Gasteiger charge is 2.28. The van der Waals surface area contributed by atoms with Crippen LogP contribution in [0.2, 0.25) is 0 Å². The van der Waals surface area contributed by atoms with Crippen molar-refractivity contribution < 1.29 is 0 Å². The normalized spacial score (nSPS) is 22.9. The summed E-state index contributed by atoms with van der Waals surface area (Å²) >= 11 is 0. The summed E-state index contributed by atoms with van der Waals surface area (Å²) in [6, 6.07) is 0. The van der Waals surface area contributed by atoms with Gasteiger partial charge in [-0.1, -0.05) is 67.2 Å². The predicted molar refractivity (Wildman–Crippen MR) is 75.8 cm³/mol. The smallest absolute Gasteiger partial charge is 0.0354 e. The Labute approximate surface area is 104 Å². The van der Waals surface area contributed by atoms with Gasteiger partial charge in [0.15, 0.2) is 0 Å². The molecule has 0 radical (unpaired) electrons. The van der Waals surface area contributed by atoms with Crippen LogP contribution in [0.5, 0.6) is 0 Å². The van der Waals surface area contributed by atoms with Gasteiger partial charge in [-0.15, -0.1) is 0 Å². The summed E-state index contributed by atoms with van der Waals surface area (Å²) in [6.45, 7) is 14.1. The number of rotatable bonds is 2. The molecule has 1 fully saturated rings. The van der Waals surface area contributed by atoms with Crippen molar-refractivity contribution in [3.05, 3.63) is 0 Å². The summed E-state index contributed by atoms with van der Waals surface area (Å²) in [4.78, 5) is 0. The van der Waals surface area contributed by atoms with Gasteiger partial charge in [0, 0.05) is 0 Å². The first-order valence-electron chi connectivity index (χ1n) is 7.33. The van der Waals surface area contributed by atoms with Gasteiger partial charge in [-0.05, 0) is 36.5 Å². The van der Waals surface area contributed by atoms with E-state index >= 15 is 0 Å². The van der Waals surface area contributed by atoms with Crippen molar-refractivity contribution in [3.8, 4) is 0 Å². The fourth-order valence-corrected chi connectivity index (χ4v) is 2.33. The Hall–Kier alpha value is 0. The van der Waals surface area contributed by atoms with Gasteiger partial charge in [0.1, 0.15) is 0 Å². The molecule has 0 aromatic rings. The van der Waals surface area contributed by atoms with Crippen LogP contribution in [0.4, 0.5) is 0 Å². The lowest BCUT2D eigenvalue weighted by Gasteiger charge is -2.24. The Bertz CT molecular complexity index is 147. The third-order valence-corrected chi connectivity index (χ3v) is 3.89. The monoisotopic (exact) mass is 226 g/mol. The second kappa shape index (κ2) is 7.35. The molecule has 0 aromatic heterocycles. The highest BCUT2D eigenvalue weighted by Crippen LogP contribution is 2.41. The van der Waals surface area contributed by atoms with Gasteiger partial charge < -0.3 is 0 Å². The van der Waals surface area contributed by atoms with Crippen LogP contribution < -0.4 is 0 Å². The van der Waals surface area contributed by atoms with Gasteiger partial charge in [0.2, 0.25) is 0 Å². The van der Waals surface area contributed by atoms with Gasteiger partial charge in [-0.2, -0.15) is 0 Å². The van der Waals surface area contributed by atoms with Crippen molar-refractivity contribution in [2.24, 2.45) is 10.8 Å². The molecule has 1 rings (SSSR count). The van der Waals surface area contributed by atoms with Crippen LogP contribution in [-0.2, 0) is 0 Å². The average Bonchev–Trinajstić information content (AvgIpc) is 2.28. The van der Waals surface area contributed by atoms with Crippen molar-refractivity contribution in [1.29, 1.82) is 0 Å². The molecule has 0 nitrogen and oxygen atoms in total. The SMILES string of the molecule is CC1(C)CCCC(C)(C)CC1.CCCCC. The molecular weight excluding hydrogens is 192 g/mol. The first-order valence-corrected chi connectivity index (χ1v) is 7.33. The van der Waals surface area contributed by atoms with E-state index in [2.05, 4.69) is 41.5 Å². The van der Waals surface area contributed by atoms with Crippen LogP contribution in [-0.4, -0.2) is 0 Å². The van der Waals surface area contributed by atoms with Crippen molar-refractivity contribution in [2.45, 2.75) is 92.9 Å². The first kappa shape index (κ1) is 16.0. The van der Waals surface area contributed by atoms with Crippen LogP contribution >= 0.6 is 0 Å². The summed E-state index contributed by atoms with van der Waals surface area (Å²) in [6.07, 6.45) is 11.2. The highest BCUT2D eigenvalue weighted by molar-refractivity contribution is 4.80. The predicted octanol–water partition coefficient (Wildman–Crippen LogP) is 6.20. The zero-order valence-electron chi connectivity index (χ0n) is 12.7. The van der Waals surface area contributed by atoms with Crippen LogP contribution in [0.15, 0.2) is 0 Å². The molecule has 0 heteroatoms. The fraction of sp³-hybridized carbons (Fsp3) is 1.00. The maximum atomic E-state index is 2.41. The summed E-state index contributed by atoms with van der Waals surface area (Å²) in [5.74, 6) is 0. The maximum absolute atomic E-state index is 2.41. The largest absolute Gasteiger partial charge is 0.0654 e. The molecule has 16 heavy (non-hydrogen) atoms. The average molecular weight is 226 g/mol. The van der Waals surface area contributed by atoms with E-state index in [1.807, 2.05) is 0 Å². The van der Waals surface area contributed by atoms with E-state index in [1.54, 1.807) is 0 Å². The van der Waals surface area contributed by atoms with E-state index in [-0.39, 0.29) is 0 Å². The molecule has 0 aromatic carbocycles. The molecule has 0 unspecified atom stereocenters. The fourth-order valence-electron chi connectivity index (χ4n) is 2.33. The molecule has 0 bridgehead atoms. The molecule has 0 spiro atoms. The minimum atomic E-state index is 0.619. The molecule has 0 amide bonds. The highest BCUT2D eigenvalue weighted by atomic mass is 14.3. The third-order valence-electron chi connectivity index (χ3n) is 3.89. The van der Waals surface area contributed by atoms with Crippen molar-refractivity contribution >= 4 is 0 Å². The summed E-state index contributed by atoms with van der Waals surface area (Å²) < 4.78 is 0. The second-order valence-corrected chi connectivity index (χ2v) is 7.04. The van der Waals surface area contributed by atoms with E-state index in [0.717, 1.165) is 0 Å². The maximum Gasteiger partial charge on any atom is -0.0354 e. The van der Waals surface area contributed by atoms with Crippen molar-refractivity contribution in [3.63, 3.8) is 0 Å². The molecular formula is C16H34. The van der Waals surface area contributed by atoms with Gasteiger partial charge in [-0.25, -0.2) is 0 Å². The van der Waals surface area contributed by atoms with E-state index in [0.29, 0.717) is 10.8 Å². The van der Waals surface area contributed by atoms with Crippen LogP contribution in [0.3, 0.4) is 0 Å². The van der Waals surface area contributed by atoms with Gasteiger partial charge in [0.25, 0.3) is 0 Å². The Balaban J connectivity index is 0.000000385. The van der Waals surface area contributed by atoms with E-state index in [1.165, 1.54) is 51.4 Å². The Kier molecular flexibility index (Phi) is 7.35. The summed E-state index contributed by atoms with van der Waals surface area (Å²) in [7, 11) is 0. The molecule has 0 heterocycles. The van der Waals surface area contributed by atoms with E-state index in [4.69, 9.17) is 0 Å². The number of hydrogen-bond donors (Lipinski definition) is 0. The molecule has 0 N–H and O–H groups in total. The minimum absolute atomic E-state index is 0.619. The Morgan fingerprint density at radius 3 is 1.31 bits per heavy atom. The topological polar surface area (TPSA) is 0 Å². The molecule has 0 aliphatic heterocycles. The van der Waals surface area contributed by atoms with Crippen LogP contribution in [0.1, 0.15) is 92.9 Å². The zero-order chi connectivity index (χ0) is 12.7. The van der Waals surface area contributed by atoms with Crippen LogP contribution in [0, 0.1) is 10.8 Å². The van der Waals surface area contributed by atoms with Gasteiger partial charge >= 0.3 is 0 Å². The third kappa shape index (κ3) is 8.19. The lowest BCUT2D eigenvalue weighted by molar-refractivity contribution is 0.275. The quantitative estimate of drug-likeness (QED) is 0.492. The molecule has 98 valence electrons. The lowest BCUT2D eigenvalue weighted by atomic mass is 9.81. The summed E-state index contributed by atoms with van der Waals surface area (Å²) in [5, 5.41) is 0. The van der Waals surface area contributed by atoms with E-state index in [9.17, 15) is 0 Å². The van der Waals surface area contributed by atoms with Crippen molar-refractivity contribution in [2.75, 3.05) is 0 Å². The lowest BCUT2D eigenvalue weighted by Crippen LogP contribution is -2.12.